The van der Waals surface area contributed by atoms with Crippen LogP contribution in [0, 0.1) is 0 Å². The summed E-state index contributed by atoms with van der Waals surface area (Å²) in [4.78, 5) is 16.8. The number of carbonyl (C=O) groups is 1. The number of anilines is 3. The molecule has 1 amide bonds. The van der Waals surface area contributed by atoms with E-state index in [1.807, 2.05) is 48.5 Å². The zero-order valence-electron chi connectivity index (χ0n) is 16.5. The highest BCUT2D eigenvalue weighted by Crippen LogP contribution is 2.18. The van der Waals surface area contributed by atoms with E-state index in [9.17, 15) is 4.79 Å². The number of benzene rings is 2. The SMILES string of the molecule is COc1ccc(CNc2ccc(/C=C(\C)C(=O)Nc3ccccc3N)cn2)cc1. The topological polar surface area (TPSA) is 89.3 Å². The van der Waals surface area contributed by atoms with E-state index in [0.717, 1.165) is 22.7 Å². The smallest absolute Gasteiger partial charge is 0.251 e. The Morgan fingerprint density at radius 2 is 1.86 bits per heavy atom. The number of amides is 1. The van der Waals surface area contributed by atoms with Crippen molar-refractivity contribution in [2.75, 3.05) is 23.5 Å². The monoisotopic (exact) mass is 388 g/mol. The highest BCUT2D eigenvalue weighted by Gasteiger charge is 2.07. The Morgan fingerprint density at radius 1 is 1.10 bits per heavy atom. The second-order valence-corrected chi connectivity index (χ2v) is 6.55. The summed E-state index contributed by atoms with van der Waals surface area (Å²) in [5.74, 6) is 1.39. The lowest BCUT2D eigenvalue weighted by Crippen LogP contribution is -2.13. The molecule has 3 aromatic rings. The summed E-state index contributed by atoms with van der Waals surface area (Å²) in [5, 5.41) is 6.09. The van der Waals surface area contributed by atoms with Crippen LogP contribution in [0.1, 0.15) is 18.1 Å². The first kappa shape index (κ1) is 19.9. The average Bonchev–Trinajstić information content (AvgIpc) is 2.75. The van der Waals surface area contributed by atoms with Gasteiger partial charge in [0.2, 0.25) is 0 Å². The predicted octanol–water partition coefficient (Wildman–Crippen LogP) is 4.33. The Bertz CT molecular complexity index is 996. The van der Waals surface area contributed by atoms with Gasteiger partial charge in [0.1, 0.15) is 11.6 Å². The predicted molar refractivity (Wildman–Crippen MR) is 118 cm³/mol. The zero-order valence-corrected chi connectivity index (χ0v) is 16.5. The number of nitrogens with one attached hydrogen (secondary N) is 2. The van der Waals surface area contributed by atoms with Gasteiger partial charge in [-0.1, -0.05) is 24.3 Å². The zero-order chi connectivity index (χ0) is 20.6. The van der Waals surface area contributed by atoms with E-state index in [4.69, 9.17) is 10.5 Å². The molecule has 0 aliphatic heterocycles. The van der Waals surface area contributed by atoms with Crippen molar-refractivity contribution in [3.63, 3.8) is 0 Å². The average molecular weight is 388 g/mol. The van der Waals surface area contributed by atoms with Crippen molar-refractivity contribution in [1.82, 2.24) is 4.98 Å². The maximum absolute atomic E-state index is 12.4. The van der Waals surface area contributed by atoms with Crippen molar-refractivity contribution < 1.29 is 9.53 Å². The number of nitrogens with two attached hydrogens (primary N) is 1. The summed E-state index contributed by atoms with van der Waals surface area (Å²) in [7, 11) is 1.65. The molecule has 0 atom stereocenters. The molecule has 0 saturated heterocycles. The molecule has 0 bridgehead atoms. The lowest BCUT2D eigenvalue weighted by Gasteiger charge is -2.09. The van der Waals surface area contributed by atoms with Crippen LogP contribution in [0.2, 0.25) is 0 Å². The molecule has 0 fully saturated rings. The lowest BCUT2D eigenvalue weighted by molar-refractivity contribution is -0.112. The number of aromatic nitrogens is 1. The minimum Gasteiger partial charge on any atom is -0.497 e. The van der Waals surface area contributed by atoms with Crippen LogP contribution in [0.4, 0.5) is 17.2 Å². The molecule has 1 aromatic heterocycles. The Kier molecular flexibility index (Phi) is 6.47. The maximum Gasteiger partial charge on any atom is 0.251 e. The number of rotatable bonds is 7. The molecule has 6 nitrogen and oxygen atoms in total. The number of nitrogen functional groups attached to an aromatic ring is 1. The fraction of sp³-hybridized carbons (Fsp3) is 0.130. The number of methoxy groups -OCH3 is 1. The van der Waals surface area contributed by atoms with Crippen LogP contribution in [-0.2, 0) is 11.3 Å². The molecular formula is C23H24N4O2. The van der Waals surface area contributed by atoms with E-state index in [0.29, 0.717) is 23.5 Å². The molecule has 0 saturated carbocycles. The molecule has 0 aliphatic carbocycles. The van der Waals surface area contributed by atoms with Crippen LogP contribution >= 0.6 is 0 Å². The summed E-state index contributed by atoms with van der Waals surface area (Å²) in [6, 6.07) is 18.8. The fourth-order valence-corrected chi connectivity index (χ4v) is 2.68. The van der Waals surface area contributed by atoms with Gasteiger partial charge >= 0.3 is 0 Å². The molecule has 6 heteroatoms. The van der Waals surface area contributed by atoms with E-state index in [-0.39, 0.29) is 5.91 Å². The van der Waals surface area contributed by atoms with Crippen molar-refractivity contribution in [3.05, 3.63) is 83.6 Å². The quantitative estimate of drug-likeness (QED) is 0.414. The van der Waals surface area contributed by atoms with Gasteiger partial charge in [-0.05, 0) is 60.5 Å². The largest absolute Gasteiger partial charge is 0.497 e. The third-order valence-corrected chi connectivity index (χ3v) is 4.37. The molecule has 2 aromatic carbocycles. The summed E-state index contributed by atoms with van der Waals surface area (Å²) >= 11 is 0. The van der Waals surface area contributed by atoms with Gasteiger partial charge in [-0.25, -0.2) is 4.98 Å². The van der Waals surface area contributed by atoms with Crippen LogP contribution in [0.25, 0.3) is 6.08 Å². The Balaban J connectivity index is 1.58. The number of hydrogen-bond acceptors (Lipinski definition) is 5. The van der Waals surface area contributed by atoms with E-state index in [1.54, 1.807) is 38.4 Å². The number of para-hydroxylation sites is 2. The standard InChI is InChI=1S/C23H24N4O2/c1-16(23(28)27-21-6-4-3-5-20(21)24)13-18-9-12-22(26-15-18)25-14-17-7-10-19(29-2)11-8-17/h3-13,15H,14,24H2,1-2H3,(H,25,26)(H,27,28)/b16-13+. The number of carbonyl (C=O) groups excluding carboxylic acids is 1. The number of nitrogens with zero attached hydrogens (tertiary/aromatic N) is 1. The van der Waals surface area contributed by atoms with Crippen molar-refractivity contribution in [1.29, 1.82) is 0 Å². The Morgan fingerprint density at radius 3 is 2.52 bits per heavy atom. The second-order valence-electron chi connectivity index (χ2n) is 6.55. The number of ether oxygens (including phenoxy) is 1. The molecule has 4 N–H and O–H groups in total. The summed E-state index contributed by atoms with van der Waals surface area (Å²) in [6.07, 6.45) is 3.51. The van der Waals surface area contributed by atoms with E-state index >= 15 is 0 Å². The van der Waals surface area contributed by atoms with Crippen molar-refractivity contribution in [2.45, 2.75) is 13.5 Å². The van der Waals surface area contributed by atoms with Crippen LogP contribution in [0.15, 0.2) is 72.4 Å². The Labute approximate surface area is 170 Å². The van der Waals surface area contributed by atoms with Crippen LogP contribution in [0.3, 0.4) is 0 Å². The van der Waals surface area contributed by atoms with Gasteiger partial charge in [0, 0.05) is 18.3 Å². The Hall–Kier alpha value is -3.80. The fourth-order valence-electron chi connectivity index (χ4n) is 2.68. The van der Waals surface area contributed by atoms with Crippen molar-refractivity contribution in [2.24, 2.45) is 0 Å². The molecule has 0 aliphatic rings. The summed E-state index contributed by atoms with van der Waals surface area (Å²) in [5.41, 5.74) is 9.53. The first-order valence-electron chi connectivity index (χ1n) is 9.22. The van der Waals surface area contributed by atoms with E-state index in [1.165, 1.54) is 0 Å². The molecule has 0 unspecified atom stereocenters. The van der Waals surface area contributed by atoms with Gasteiger partial charge in [-0.2, -0.15) is 0 Å². The van der Waals surface area contributed by atoms with Crippen LogP contribution in [0.5, 0.6) is 5.75 Å². The minimum absolute atomic E-state index is 0.204. The molecule has 1 heterocycles. The minimum atomic E-state index is -0.204. The van der Waals surface area contributed by atoms with Crippen LogP contribution in [-0.4, -0.2) is 18.0 Å². The number of hydrogen-bond donors (Lipinski definition) is 3. The molecule has 3 rings (SSSR count). The highest BCUT2D eigenvalue weighted by atomic mass is 16.5. The van der Waals surface area contributed by atoms with E-state index < -0.39 is 0 Å². The third kappa shape index (κ3) is 5.59. The summed E-state index contributed by atoms with van der Waals surface area (Å²) in [6.45, 7) is 2.41. The number of pyridine rings is 1. The third-order valence-electron chi connectivity index (χ3n) is 4.37. The summed E-state index contributed by atoms with van der Waals surface area (Å²) < 4.78 is 5.16. The first-order chi connectivity index (χ1) is 14.0. The van der Waals surface area contributed by atoms with Gasteiger partial charge in [0.05, 0.1) is 18.5 Å². The first-order valence-corrected chi connectivity index (χ1v) is 9.22. The maximum atomic E-state index is 12.4. The second kappa shape index (κ2) is 9.41. The van der Waals surface area contributed by atoms with Gasteiger partial charge < -0.3 is 21.1 Å². The highest BCUT2D eigenvalue weighted by molar-refractivity contribution is 6.07. The molecule has 0 spiro atoms. The van der Waals surface area contributed by atoms with Gasteiger partial charge in [0.15, 0.2) is 0 Å². The van der Waals surface area contributed by atoms with Gasteiger partial charge in [-0.15, -0.1) is 0 Å². The molecule has 148 valence electrons. The van der Waals surface area contributed by atoms with Crippen molar-refractivity contribution >= 4 is 29.2 Å². The lowest BCUT2D eigenvalue weighted by atomic mass is 10.1. The van der Waals surface area contributed by atoms with Gasteiger partial charge in [-0.3, -0.25) is 4.79 Å². The van der Waals surface area contributed by atoms with Crippen molar-refractivity contribution in [3.8, 4) is 5.75 Å². The molecule has 29 heavy (non-hydrogen) atoms. The molecule has 0 radical (unpaired) electrons. The normalized spacial score (nSPS) is 11.0. The van der Waals surface area contributed by atoms with E-state index in [2.05, 4.69) is 15.6 Å². The molecular weight excluding hydrogens is 364 g/mol. The van der Waals surface area contributed by atoms with Gasteiger partial charge in [0.25, 0.3) is 5.91 Å². The van der Waals surface area contributed by atoms with Crippen LogP contribution < -0.4 is 21.1 Å².